The molecule has 1 aliphatic heterocycles. The predicted octanol–water partition coefficient (Wildman–Crippen LogP) is 2.40. The van der Waals surface area contributed by atoms with Crippen LogP contribution in [0.15, 0.2) is 24.3 Å². The lowest BCUT2D eigenvalue weighted by molar-refractivity contribution is -0.140. The van der Waals surface area contributed by atoms with Crippen LogP contribution in [0, 0.1) is 6.92 Å². The monoisotopic (exact) mass is 277 g/mol. The fourth-order valence-corrected chi connectivity index (χ4v) is 2.51. The van der Waals surface area contributed by atoms with E-state index < -0.39 is 6.10 Å². The highest BCUT2D eigenvalue weighted by molar-refractivity contribution is 5.81. The average molecular weight is 277 g/mol. The van der Waals surface area contributed by atoms with E-state index in [4.69, 9.17) is 9.47 Å². The summed E-state index contributed by atoms with van der Waals surface area (Å²) < 4.78 is 11.1. The average Bonchev–Trinajstić information content (AvgIpc) is 2.46. The second-order valence-corrected chi connectivity index (χ2v) is 5.34. The number of aryl methyl sites for hydroxylation is 1. The molecular weight excluding hydrogens is 254 g/mol. The first-order valence-electron chi connectivity index (χ1n) is 7.15. The SMILES string of the molecule is COC1CCN(C(=O)C(C)Oc2cccc(C)c2)CC1. The molecule has 1 unspecified atom stereocenters. The number of carbonyl (C=O) groups excluding carboxylic acids is 1. The molecule has 1 heterocycles. The fourth-order valence-electron chi connectivity index (χ4n) is 2.51. The number of likely N-dealkylation sites (tertiary alicyclic amines) is 1. The number of carbonyl (C=O) groups is 1. The minimum atomic E-state index is -0.448. The molecule has 4 heteroatoms. The summed E-state index contributed by atoms with van der Waals surface area (Å²) in [6.45, 7) is 5.32. The van der Waals surface area contributed by atoms with Crippen molar-refractivity contribution in [2.24, 2.45) is 0 Å². The molecule has 20 heavy (non-hydrogen) atoms. The Kier molecular flexibility index (Phi) is 5.01. The van der Waals surface area contributed by atoms with Crippen molar-refractivity contribution in [2.45, 2.75) is 38.9 Å². The summed E-state index contributed by atoms with van der Waals surface area (Å²) in [5, 5.41) is 0. The summed E-state index contributed by atoms with van der Waals surface area (Å²) in [6.07, 6.45) is 1.64. The van der Waals surface area contributed by atoms with Crippen LogP contribution in [0.3, 0.4) is 0 Å². The lowest BCUT2D eigenvalue weighted by Crippen LogP contribution is -2.46. The van der Waals surface area contributed by atoms with Gasteiger partial charge in [-0.15, -0.1) is 0 Å². The Morgan fingerprint density at radius 3 is 2.65 bits per heavy atom. The maximum Gasteiger partial charge on any atom is 0.263 e. The number of piperidine rings is 1. The third-order valence-corrected chi connectivity index (χ3v) is 3.74. The Labute approximate surface area is 120 Å². The Balaban J connectivity index is 1.89. The molecule has 2 rings (SSSR count). The minimum absolute atomic E-state index is 0.0565. The highest BCUT2D eigenvalue weighted by Gasteiger charge is 2.26. The summed E-state index contributed by atoms with van der Waals surface area (Å²) in [4.78, 5) is 14.2. The molecule has 1 aromatic carbocycles. The van der Waals surface area contributed by atoms with Crippen LogP contribution in [0.25, 0.3) is 0 Å². The number of rotatable bonds is 4. The Morgan fingerprint density at radius 1 is 1.35 bits per heavy atom. The van der Waals surface area contributed by atoms with E-state index in [2.05, 4.69) is 0 Å². The van der Waals surface area contributed by atoms with Crippen LogP contribution in [0.5, 0.6) is 5.75 Å². The zero-order chi connectivity index (χ0) is 14.5. The van der Waals surface area contributed by atoms with Gasteiger partial charge in [0.15, 0.2) is 6.10 Å². The lowest BCUT2D eigenvalue weighted by atomic mass is 10.1. The summed E-state index contributed by atoms with van der Waals surface area (Å²) in [6, 6.07) is 7.77. The van der Waals surface area contributed by atoms with Gasteiger partial charge in [0.05, 0.1) is 6.10 Å². The van der Waals surface area contributed by atoms with E-state index in [1.54, 1.807) is 7.11 Å². The van der Waals surface area contributed by atoms with Crippen molar-refractivity contribution < 1.29 is 14.3 Å². The van der Waals surface area contributed by atoms with Crippen molar-refractivity contribution in [3.8, 4) is 5.75 Å². The number of benzene rings is 1. The summed E-state index contributed by atoms with van der Waals surface area (Å²) in [5.74, 6) is 0.804. The molecule has 4 nitrogen and oxygen atoms in total. The van der Waals surface area contributed by atoms with Gasteiger partial charge in [-0.05, 0) is 44.4 Å². The van der Waals surface area contributed by atoms with Crippen LogP contribution in [-0.4, -0.2) is 43.2 Å². The number of amides is 1. The maximum absolute atomic E-state index is 12.3. The number of hydrogen-bond donors (Lipinski definition) is 0. The Hall–Kier alpha value is -1.55. The van der Waals surface area contributed by atoms with Crippen LogP contribution in [0.2, 0.25) is 0 Å². The zero-order valence-corrected chi connectivity index (χ0v) is 12.5. The molecule has 1 fully saturated rings. The predicted molar refractivity (Wildman–Crippen MR) is 77.9 cm³/mol. The third kappa shape index (κ3) is 3.73. The first-order valence-corrected chi connectivity index (χ1v) is 7.15. The molecule has 110 valence electrons. The van der Waals surface area contributed by atoms with E-state index >= 15 is 0 Å². The lowest BCUT2D eigenvalue weighted by Gasteiger charge is -2.32. The molecule has 1 aliphatic rings. The van der Waals surface area contributed by atoms with Crippen molar-refractivity contribution in [1.29, 1.82) is 0 Å². The van der Waals surface area contributed by atoms with Gasteiger partial charge in [0.1, 0.15) is 5.75 Å². The molecule has 1 atom stereocenters. The fraction of sp³-hybridized carbons (Fsp3) is 0.562. The van der Waals surface area contributed by atoms with Gasteiger partial charge in [-0.2, -0.15) is 0 Å². The van der Waals surface area contributed by atoms with Crippen LogP contribution >= 0.6 is 0 Å². The molecule has 1 aromatic rings. The van der Waals surface area contributed by atoms with Gasteiger partial charge in [0.25, 0.3) is 5.91 Å². The van der Waals surface area contributed by atoms with Crippen LogP contribution in [0.1, 0.15) is 25.3 Å². The highest BCUT2D eigenvalue weighted by Crippen LogP contribution is 2.17. The van der Waals surface area contributed by atoms with Crippen molar-refractivity contribution in [1.82, 2.24) is 4.90 Å². The Bertz CT molecular complexity index is 453. The normalized spacial score (nSPS) is 17.9. The first kappa shape index (κ1) is 14.9. The quantitative estimate of drug-likeness (QED) is 0.848. The maximum atomic E-state index is 12.3. The standard InChI is InChI=1S/C16H23NO3/c1-12-5-4-6-15(11-12)20-13(2)16(18)17-9-7-14(19-3)8-10-17/h4-6,11,13-14H,7-10H2,1-3H3. The highest BCUT2D eigenvalue weighted by atomic mass is 16.5. The third-order valence-electron chi connectivity index (χ3n) is 3.74. The van der Waals surface area contributed by atoms with Gasteiger partial charge < -0.3 is 14.4 Å². The van der Waals surface area contributed by atoms with Crippen molar-refractivity contribution >= 4 is 5.91 Å². The van der Waals surface area contributed by atoms with Gasteiger partial charge >= 0.3 is 0 Å². The van der Waals surface area contributed by atoms with E-state index in [1.165, 1.54) is 0 Å². The van der Waals surface area contributed by atoms with E-state index in [0.717, 1.165) is 37.2 Å². The molecule has 0 radical (unpaired) electrons. The van der Waals surface area contributed by atoms with E-state index in [1.807, 2.05) is 43.0 Å². The van der Waals surface area contributed by atoms with Crippen LogP contribution in [-0.2, 0) is 9.53 Å². The number of ether oxygens (including phenoxy) is 2. The van der Waals surface area contributed by atoms with Gasteiger partial charge in [0, 0.05) is 20.2 Å². The van der Waals surface area contributed by atoms with Gasteiger partial charge in [-0.25, -0.2) is 0 Å². The van der Waals surface area contributed by atoms with Crippen molar-refractivity contribution in [3.63, 3.8) is 0 Å². The van der Waals surface area contributed by atoms with Gasteiger partial charge in [0.2, 0.25) is 0 Å². The van der Waals surface area contributed by atoms with Crippen LogP contribution < -0.4 is 4.74 Å². The second-order valence-electron chi connectivity index (χ2n) is 5.34. The topological polar surface area (TPSA) is 38.8 Å². The molecule has 0 spiro atoms. The second kappa shape index (κ2) is 6.75. The van der Waals surface area contributed by atoms with Crippen LogP contribution in [0.4, 0.5) is 0 Å². The molecule has 1 amide bonds. The van der Waals surface area contributed by atoms with Gasteiger partial charge in [-0.3, -0.25) is 4.79 Å². The van der Waals surface area contributed by atoms with E-state index in [0.29, 0.717) is 0 Å². The molecule has 1 saturated heterocycles. The van der Waals surface area contributed by atoms with Crippen molar-refractivity contribution in [2.75, 3.05) is 20.2 Å². The van der Waals surface area contributed by atoms with E-state index in [-0.39, 0.29) is 12.0 Å². The molecule has 0 aliphatic carbocycles. The zero-order valence-electron chi connectivity index (χ0n) is 12.5. The van der Waals surface area contributed by atoms with Crippen molar-refractivity contribution in [3.05, 3.63) is 29.8 Å². The number of hydrogen-bond acceptors (Lipinski definition) is 3. The van der Waals surface area contributed by atoms with E-state index in [9.17, 15) is 4.79 Å². The summed E-state index contributed by atoms with van der Waals surface area (Å²) in [7, 11) is 1.73. The first-order chi connectivity index (χ1) is 9.60. The molecule has 0 N–H and O–H groups in total. The summed E-state index contributed by atoms with van der Waals surface area (Å²) in [5.41, 5.74) is 1.13. The number of methoxy groups -OCH3 is 1. The Morgan fingerprint density at radius 2 is 2.05 bits per heavy atom. The summed E-state index contributed by atoms with van der Waals surface area (Å²) >= 11 is 0. The molecule has 0 bridgehead atoms. The molecule has 0 saturated carbocycles. The number of nitrogens with zero attached hydrogens (tertiary/aromatic N) is 1. The van der Waals surface area contributed by atoms with Gasteiger partial charge in [-0.1, -0.05) is 12.1 Å². The largest absolute Gasteiger partial charge is 0.481 e. The smallest absolute Gasteiger partial charge is 0.263 e. The molecule has 0 aromatic heterocycles. The molecular formula is C16H23NO3. The minimum Gasteiger partial charge on any atom is -0.481 e.